The van der Waals surface area contributed by atoms with E-state index in [1.807, 2.05) is 19.2 Å². The molecule has 1 aliphatic rings. The van der Waals surface area contributed by atoms with Gasteiger partial charge in [-0.15, -0.1) is 24.0 Å². The van der Waals surface area contributed by atoms with E-state index >= 15 is 0 Å². The number of anilines is 1. The molecule has 164 valence electrons. The van der Waals surface area contributed by atoms with Crippen molar-refractivity contribution in [3.63, 3.8) is 0 Å². The van der Waals surface area contributed by atoms with E-state index in [4.69, 9.17) is 4.74 Å². The zero-order valence-corrected chi connectivity index (χ0v) is 20.2. The molecule has 8 heteroatoms. The van der Waals surface area contributed by atoms with Crippen molar-refractivity contribution in [1.82, 2.24) is 15.6 Å². The fourth-order valence-corrected chi connectivity index (χ4v) is 3.39. The van der Waals surface area contributed by atoms with Crippen LogP contribution in [0.4, 0.5) is 5.82 Å². The number of aliphatic imine (C=N–C) groups is 1. The highest BCUT2D eigenvalue weighted by Crippen LogP contribution is 2.23. The number of benzene rings is 1. The van der Waals surface area contributed by atoms with Crippen LogP contribution in [0.3, 0.4) is 0 Å². The third-order valence-corrected chi connectivity index (χ3v) is 5.09. The molecule has 0 saturated carbocycles. The topological polar surface area (TPSA) is 82.0 Å². The van der Waals surface area contributed by atoms with Crippen molar-refractivity contribution < 1.29 is 9.84 Å². The monoisotopic (exact) mass is 525 g/mol. The summed E-state index contributed by atoms with van der Waals surface area (Å²) in [4.78, 5) is 11.5. The van der Waals surface area contributed by atoms with Gasteiger partial charge in [0.15, 0.2) is 5.96 Å². The number of methoxy groups -OCH3 is 1. The SMILES string of the molecule is CCNC(=NCc1cc(OC)ccc1O)NC1CCN(c2ccc(C)cn2)CC1.I. The van der Waals surface area contributed by atoms with Gasteiger partial charge in [-0.25, -0.2) is 9.98 Å². The second-order valence-corrected chi connectivity index (χ2v) is 7.29. The summed E-state index contributed by atoms with van der Waals surface area (Å²) >= 11 is 0. The van der Waals surface area contributed by atoms with E-state index in [0.29, 0.717) is 18.3 Å². The summed E-state index contributed by atoms with van der Waals surface area (Å²) in [5.74, 6) is 2.75. The Morgan fingerprint density at radius 2 is 2.03 bits per heavy atom. The standard InChI is InChI=1S/C22H31N5O2.HI/c1-4-23-22(25-15-17-13-19(29-3)6-7-20(17)28)26-18-9-11-27(12-10-18)21-8-5-16(2)14-24-21;/h5-8,13-14,18,28H,4,9-12,15H2,1-3H3,(H2,23,25,26);1H. The minimum Gasteiger partial charge on any atom is -0.508 e. The fraction of sp³-hybridized carbons (Fsp3) is 0.455. The van der Waals surface area contributed by atoms with Crippen molar-refractivity contribution in [3.05, 3.63) is 47.7 Å². The van der Waals surface area contributed by atoms with Crippen molar-refractivity contribution in [3.8, 4) is 11.5 Å². The third kappa shape index (κ3) is 6.65. The molecule has 1 fully saturated rings. The van der Waals surface area contributed by atoms with Crippen molar-refractivity contribution in [2.45, 2.75) is 39.3 Å². The second kappa shape index (κ2) is 11.8. The number of halogens is 1. The predicted octanol–water partition coefficient (Wildman–Crippen LogP) is 3.45. The number of aromatic nitrogens is 1. The molecule has 0 atom stereocenters. The maximum absolute atomic E-state index is 10.1. The molecule has 1 aromatic heterocycles. The van der Waals surface area contributed by atoms with Crippen LogP contribution in [0.15, 0.2) is 41.5 Å². The number of aromatic hydroxyl groups is 1. The van der Waals surface area contributed by atoms with Crippen LogP contribution in [0.2, 0.25) is 0 Å². The van der Waals surface area contributed by atoms with Crippen LogP contribution in [-0.2, 0) is 6.54 Å². The van der Waals surface area contributed by atoms with E-state index in [1.54, 1.807) is 19.2 Å². The summed E-state index contributed by atoms with van der Waals surface area (Å²) in [6.45, 7) is 7.19. The maximum Gasteiger partial charge on any atom is 0.191 e. The normalized spacial score (nSPS) is 14.8. The molecule has 3 rings (SSSR count). The molecule has 1 aromatic carbocycles. The second-order valence-electron chi connectivity index (χ2n) is 7.29. The van der Waals surface area contributed by atoms with Gasteiger partial charge < -0.3 is 25.4 Å². The molecule has 0 unspecified atom stereocenters. The Hall–Kier alpha value is -2.23. The summed E-state index contributed by atoms with van der Waals surface area (Å²) in [5.41, 5.74) is 1.92. The number of ether oxygens (including phenoxy) is 1. The Balaban J connectivity index is 0.00000320. The van der Waals surface area contributed by atoms with Crippen LogP contribution in [0, 0.1) is 6.92 Å². The van der Waals surface area contributed by atoms with Crippen LogP contribution in [-0.4, -0.2) is 48.8 Å². The molecule has 0 bridgehead atoms. The van der Waals surface area contributed by atoms with E-state index in [1.165, 1.54) is 5.56 Å². The van der Waals surface area contributed by atoms with Crippen molar-refractivity contribution in [2.24, 2.45) is 4.99 Å². The number of phenols is 1. The minimum absolute atomic E-state index is 0. The fourth-order valence-electron chi connectivity index (χ4n) is 3.39. The number of pyridine rings is 1. The Kier molecular flexibility index (Phi) is 9.48. The number of aryl methyl sites for hydroxylation is 1. The van der Waals surface area contributed by atoms with Gasteiger partial charge in [-0.2, -0.15) is 0 Å². The lowest BCUT2D eigenvalue weighted by atomic mass is 10.1. The molecule has 1 saturated heterocycles. The summed E-state index contributed by atoms with van der Waals surface area (Å²) < 4.78 is 5.24. The molecule has 0 amide bonds. The zero-order valence-electron chi connectivity index (χ0n) is 17.9. The number of hydrogen-bond donors (Lipinski definition) is 3. The van der Waals surface area contributed by atoms with Gasteiger partial charge in [0.1, 0.15) is 17.3 Å². The van der Waals surface area contributed by atoms with Gasteiger partial charge in [0.05, 0.1) is 13.7 Å². The number of rotatable bonds is 6. The quantitative estimate of drug-likeness (QED) is 0.305. The Morgan fingerprint density at radius 3 is 2.67 bits per heavy atom. The Labute approximate surface area is 196 Å². The molecule has 2 heterocycles. The van der Waals surface area contributed by atoms with Gasteiger partial charge in [0, 0.05) is 37.4 Å². The molecule has 7 nitrogen and oxygen atoms in total. The lowest BCUT2D eigenvalue weighted by Crippen LogP contribution is -2.48. The minimum atomic E-state index is 0. The highest BCUT2D eigenvalue weighted by atomic mass is 127. The largest absolute Gasteiger partial charge is 0.508 e. The molecule has 30 heavy (non-hydrogen) atoms. The summed E-state index contributed by atoms with van der Waals surface area (Å²) in [5, 5.41) is 16.9. The predicted molar refractivity (Wildman–Crippen MR) is 132 cm³/mol. The van der Waals surface area contributed by atoms with Crippen molar-refractivity contribution >= 4 is 35.8 Å². The molecule has 2 aromatic rings. The van der Waals surface area contributed by atoms with Gasteiger partial charge in [0.25, 0.3) is 0 Å². The van der Waals surface area contributed by atoms with E-state index in [-0.39, 0.29) is 29.7 Å². The van der Waals surface area contributed by atoms with Gasteiger partial charge in [-0.05, 0) is 56.5 Å². The lowest BCUT2D eigenvalue weighted by molar-refractivity contribution is 0.410. The van der Waals surface area contributed by atoms with E-state index in [0.717, 1.165) is 49.8 Å². The maximum atomic E-state index is 10.1. The first kappa shape index (κ1) is 24.0. The molecule has 3 N–H and O–H groups in total. The molecule has 1 aliphatic heterocycles. The van der Waals surface area contributed by atoms with E-state index in [2.05, 4.69) is 44.6 Å². The Bertz CT molecular complexity index is 821. The summed E-state index contributed by atoms with van der Waals surface area (Å²) in [6.07, 6.45) is 3.96. The van der Waals surface area contributed by atoms with Gasteiger partial charge in [0.2, 0.25) is 0 Å². The van der Waals surface area contributed by atoms with Gasteiger partial charge in [-0.1, -0.05) is 6.07 Å². The number of nitrogens with one attached hydrogen (secondary N) is 2. The number of piperidine rings is 1. The smallest absolute Gasteiger partial charge is 0.191 e. The van der Waals surface area contributed by atoms with Crippen molar-refractivity contribution in [1.29, 1.82) is 0 Å². The number of hydrogen-bond acceptors (Lipinski definition) is 5. The van der Waals surface area contributed by atoms with Crippen molar-refractivity contribution in [2.75, 3.05) is 31.6 Å². The molecular formula is C22H32IN5O2. The van der Waals surface area contributed by atoms with Crippen LogP contribution < -0.4 is 20.3 Å². The lowest BCUT2D eigenvalue weighted by Gasteiger charge is -2.33. The van der Waals surface area contributed by atoms with Crippen LogP contribution in [0.25, 0.3) is 0 Å². The molecule has 0 radical (unpaired) electrons. The highest BCUT2D eigenvalue weighted by molar-refractivity contribution is 14.0. The first-order valence-electron chi connectivity index (χ1n) is 10.2. The average Bonchev–Trinajstić information content (AvgIpc) is 2.74. The molecule has 0 aliphatic carbocycles. The number of guanidine groups is 1. The summed E-state index contributed by atoms with van der Waals surface area (Å²) in [7, 11) is 1.61. The highest BCUT2D eigenvalue weighted by Gasteiger charge is 2.21. The van der Waals surface area contributed by atoms with E-state index in [9.17, 15) is 5.11 Å². The first-order valence-corrected chi connectivity index (χ1v) is 10.2. The van der Waals surface area contributed by atoms with Gasteiger partial charge >= 0.3 is 0 Å². The van der Waals surface area contributed by atoms with Crippen LogP contribution in [0.1, 0.15) is 30.9 Å². The Morgan fingerprint density at radius 1 is 1.27 bits per heavy atom. The third-order valence-electron chi connectivity index (χ3n) is 5.09. The van der Waals surface area contributed by atoms with Gasteiger partial charge in [-0.3, -0.25) is 0 Å². The number of nitrogens with zero attached hydrogens (tertiary/aromatic N) is 3. The molecule has 0 spiro atoms. The average molecular weight is 525 g/mol. The number of phenolic OH excluding ortho intramolecular Hbond substituents is 1. The summed E-state index contributed by atoms with van der Waals surface area (Å²) in [6, 6.07) is 9.75. The van der Waals surface area contributed by atoms with Crippen LogP contribution in [0.5, 0.6) is 11.5 Å². The first-order chi connectivity index (χ1) is 14.1. The van der Waals surface area contributed by atoms with Crippen LogP contribution >= 0.6 is 24.0 Å². The molecular weight excluding hydrogens is 493 g/mol. The van der Waals surface area contributed by atoms with E-state index < -0.39 is 0 Å². The zero-order chi connectivity index (χ0) is 20.6.